The number of fused-ring (bicyclic) bond motifs is 1. The van der Waals surface area contributed by atoms with Crippen LogP contribution in [0.3, 0.4) is 0 Å². The summed E-state index contributed by atoms with van der Waals surface area (Å²) < 4.78 is 18.4. The molecule has 0 unspecified atom stereocenters. The highest BCUT2D eigenvalue weighted by Gasteiger charge is 2.20. The fourth-order valence-electron chi connectivity index (χ4n) is 2.94. The number of ether oxygens (including phenoxy) is 1. The van der Waals surface area contributed by atoms with E-state index in [4.69, 9.17) is 16.3 Å². The third-order valence-corrected chi connectivity index (χ3v) is 4.59. The minimum absolute atomic E-state index is 0.111. The number of hydrogen-bond donors (Lipinski definition) is 1. The summed E-state index contributed by atoms with van der Waals surface area (Å²) in [6.45, 7) is 3.25. The fraction of sp³-hybridized carbons (Fsp3) is 0.190. The zero-order valence-corrected chi connectivity index (χ0v) is 16.1. The van der Waals surface area contributed by atoms with Crippen LogP contribution in [0.15, 0.2) is 42.5 Å². The Hall–Kier alpha value is -2.99. The minimum atomic E-state index is -0.611. The number of aromatic nitrogens is 1. The van der Waals surface area contributed by atoms with Crippen LogP contribution in [-0.2, 0) is 16.0 Å². The maximum atomic E-state index is 13.2. The Morgan fingerprint density at radius 2 is 1.96 bits per heavy atom. The number of rotatable bonds is 5. The lowest BCUT2D eigenvalue weighted by molar-refractivity contribution is -0.119. The summed E-state index contributed by atoms with van der Waals surface area (Å²) >= 11 is 5.68. The van der Waals surface area contributed by atoms with Crippen molar-refractivity contribution in [3.63, 3.8) is 0 Å². The second-order valence-corrected chi connectivity index (χ2v) is 6.59. The molecule has 0 spiro atoms. The second kappa shape index (κ2) is 8.35. The molecule has 144 valence electrons. The van der Waals surface area contributed by atoms with Gasteiger partial charge in [0, 0.05) is 11.1 Å². The molecular weight excluding hydrogens is 383 g/mol. The number of carbonyl (C=O) groups excluding carboxylic acids is 2. The lowest BCUT2D eigenvalue weighted by Gasteiger charge is -2.13. The summed E-state index contributed by atoms with van der Waals surface area (Å²) in [7, 11) is 0. The van der Waals surface area contributed by atoms with E-state index in [0.717, 1.165) is 22.5 Å². The van der Waals surface area contributed by atoms with Gasteiger partial charge >= 0.3 is 5.97 Å². The van der Waals surface area contributed by atoms with Crippen molar-refractivity contribution in [2.75, 3.05) is 11.9 Å². The number of anilines is 1. The topological polar surface area (TPSA) is 68.3 Å². The number of nitrogens with zero attached hydrogens (tertiary/aromatic N) is 1. The normalized spacial score (nSPS) is 10.7. The third-order valence-electron chi connectivity index (χ3n) is 4.30. The molecule has 3 aromatic rings. The standard InChI is InChI=1S/C21H18ClFN2O3/c1-3-17-20(12(2)14-6-4-5-7-18(14)25-17)21(27)28-11-19(26)24-13-8-9-16(23)15(22)10-13/h4-10H,3,11H2,1-2H3,(H,24,26). The monoisotopic (exact) mass is 400 g/mol. The zero-order chi connectivity index (χ0) is 20.3. The molecule has 2 aromatic carbocycles. The van der Waals surface area contributed by atoms with Gasteiger partial charge < -0.3 is 10.1 Å². The van der Waals surface area contributed by atoms with E-state index in [2.05, 4.69) is 10.3 Å². The predicted octanol–water partition coefficient (Wildman–Crippen LogP) is 4.69. The number of amides is 1. The number of esters is 1. The molecule has 0 fully saturated rings. The number of carbonyl (C=O) groups is 2. The van der Waals surface area contributed by atoms with Gasteiger partial charge in [-0.15, -0.1) is 0 Å². The summed E-state index contributed by atoms with van der Waals surface area (Å²) in [4.78, 5) is 29.2. The molecule has 7 heteroatoms. The number of nitrogens with one attached hydrogen (secondary N) is 1. The molecule has 3 rings (SSSR count). The van der Waals surface area contributed by atoms with E-state index in [0.29, 0.717) is 23.4 Å². The number of benzene rings is 2. The summed E-state index contributed by atoms with van der Waals surface area (Å²) in [6, 6.07) is 11.3. The van der Waals surface area contributed by atoms with Gasteiger partial charge in [0.15, 0.2) is 6.61 Å². The number of pyridine rings is 1. The van der Waals surface area contributed by atoms with Crippen LogP contribution in [0.25, 0.3) is 10.9 Å². The molecule has 1 aromatic heterocycles. The molecule has 1 N–H and O–H groups in total. The van der Waals surface area contributed by atoms with Gasteiger partial charge in [-0.2, -0.15) is 0 Å². The molecule has 0 atom stereocenters. The van der Waals surface area contributed by atoms with Crippen LogP contribution in [-0.4, -0.2) is 23.5 Å². The smallest absolute Gasteiger partial charge is 0.340 e. The highest BCUT2D eigenvalue weighted by atomic mass is 35.5. The van der Waals surface area contributed by atoms with Crippen molar-refractivity contribution in [2.24, 2.45) is 0 Å². The van der Waals surface area contributed by atoms with Gasteiger partial charge in [-0.3, -0.25) is 9.78 Å². The number of para-hydroxylation sites is 1. The lowest BCUT2D eigenvalue weighted by atomic mass is 10.0. The lowest BCUT2D eigenvalue weighted by Crippen LogP contribution is -2.22. The van der Waals surface area contributed by atoms with E-state index in [9.17, 15) is 14.0 Å². The van der Waals surface area contributed by atoms with Gasteiger partial charge in [-0.05, 0) is 43.2 Å². The molecule has 28 heavy (non-hydrogen) atoms. The Labute approximate surface area is 166 Å². The number of halogens is 2. The van der Waals surface area contributed by atoms with Crippen molar-refractivity contribution >= 4 is 40.1 Å². The highest BCUT2D eigenvalue weighted by Crippen LogP contribution is 2.24. The third kappa shape index (κ3) is 4.12. The van der Waals surface area contributed by atoms with Crippen LogP contribution in [0.2, 0.25) is 5.02 Å². The van der Waals surface area contributed by atoms with Gasteiger partial charge in [0.25, 0.3) is 5.91 Å². The largest absolute Gasteiger partial charge is 0.452 e. The molecule has 0 aliphatic carbocycles. The molecule has 1 heterocycles. The molecule has 0 saturated carbocycles. The molecular formula is C21H18ClFN2O3. The van der Waals surface area contributed by atoms with Gasteiger partial charge in [-0.1, -0.05) is 36.7 Å². The summed E-state index contributed by atoms with van der Waals surface area (Å²) in [6.07, 6.45) is 0.552. The van der Waals surface area contributed by atoms with Crippen LogP contribution < -0.4 is 5.32 Å². The summed E-state index contributed by atoms with van der Waals surface area (Å²) in [5, 5.41) is 3.25. The van der Waals surface area contributed by atoms with E-state index >= 15 is 0 Å². The zero-order valence-electron chi connectivity index (χ0n) is 15.4. The van der Waals surface area contributed by atoms with E-state index in [-0.39, 0.29) is 5.02 Å². The molecule has 0 saturated heterocycles. The Balaban J connectivity index is 1.75. The quantitative estimate of drug-likeness (QED) is 0.630. The van der Waals surface area contributed by atoms with Gasteiger partial charge in [0.05, 0.1) is 21.8 Å². The molecule has 1 amide bonds. The van der Waals surface area contributed by atoms with Crippen LogP contribution in [0, 0.1) is 12.7 Å². The minimum Gasteiger partial charge on any atom is -0.452 e. The fourth-order valence-corrected chi connectivity index (χ4v) is 3.12. The summed E-state index contributed by atoms with van der Waals surface area (Å²) in [5.41, 5.74) is 2.87. The Morgan fingerprint density at radius 1 is 1.21 bits per heavy atom. The Morgan fingerprint density at radius 3 is 2.68 bits per heavy atom. The molecule has 0 bridgehead atoms. The van der Waals surface area contributed by atoms with Crippen molar-refractivity contribution in [1.29, 1.82) is 0 Å². The Kier molecular flexibility index (Phi) is 5.90. The first-order valence-electron chi connectivity index (χ1n) is 8.71. The maximum absolute atomic E-state index is 13.2. The van der Waals surface area contributed by atoms with Crippen molar-refractivity contribution in [3.8, 4) is 0 Å². The van der Waals surface area contributed by atoms with E-state index in [1.165, 1.54) is 12.1 Å². The first kappa shape index (κ1) is 19.8. The van der Waals surface area contributed by atoms with Crippen molar-refractivity contribution in [2.45, 2.75) is 20.3 Å². The van der Waals surface area contributed by atoms with Gasteiger partial charge in [0.2, 0.25) is 0 Å². The van der Waals surface area contributed by atoms with Gasteiger partial charge in [-0.25, -0.2) is 9.18 Å². The molecule has 0 radical (unpaired) electrons. The highest BCUT2D eigenvalue weighted by molar-refractivity contribution is 6.31. The predicted molar refractivity (Wildman–Crippen MR) is 106 cm³/mol. The molecule has 0 aliphatic rings. The first-order valence-corrected chi connectivity index (χ1v) is 9.08. The second-order valence-electron chi connectivity index (χ2n) is 6.18. The average Bonchev–Trinajstić information content (AvgIpc) is 2.69. The number of hydrogen-bond acceptors (Lipinski definition) is 4. The van der Waals surface area contributed by atoms with Crippen molar-refractivity contribution < 1.29 is 18.7 Å². The van der Waals surface area contributed by atoms with Crippen LogP contribution in [0.5, 0.6) is 0 Å². The Bertz CT molecular complexity index is 1070. The SMILES string of the molecule is CCc1nc2ccccc2c(C)c1C(=O)OCC(=O)Nc1ccc(F)c(Cl)c1. The maximum Gasteiger partial charge on any atom is 0.340 e. The van der Waals surface area contributed by atoms with E-state index in [1.54, 1.807) is 0 Å². The summed E-state index contributed by atoms with van der Waals surface area (Å²) in [5.74, 6) is -1.75. The molecule has 5 nitrogen and oxygen atoms in total. The molecule has 0 aliphatic heterocycles. The van der Waals surface area contributed by atoms with Crippen LogP contribution in [0.1, 0.15) is 28.5 Å². The average molecular weight is 401 g/mol. The van der Waals surface area contributed by atoms with E-state index < -0.39 is 24.3 Å². The van der Waals surface area contributed by atoms with Crippen LogP contribution in [0.4, 0.5) is 10.1 Å². The number of aryl methyl sites for hydroxylation is 2. The van der Waals surface area contributed by atoms with Gasteiger partial charge in [0.1, 0.15) is 5.82 Å². The van der Waals surface area contributed by atoms with Crippen molar-refractivity contribution in [3.05, 3.63) is 70.1 Å². The van der Waals surface area contributed by atoms with Crippen molar-refractivity contribution in [1.82, 2.24) is 4.98 Å². The van der Waals surface area contributed by atoms with Crippen LogP contribution >= 0.6 is 11.6 Å². The first-order chi connectivity index (χ1) is 13.4. The van der Waals surface area contributed by atoms with E-state index in [1.807, 2.05) is 38.1 Å².